The Bertz CT molecular complexity index is 566. The first kappa shape index (κ1) is 14.4. The van der Waals surface area contributed by atoms with Crippen molar-refractivity contribution < 1.29 is 0 Å². The number of likely N-dealkylation sites (N-methyl/N-ethyl adjacent to an activating group) is 1. The molecule has 0 aliphatic rings. The number of benzene rings is 2. The van der Waals surface area contributed by atoms with Gasteiger partial charge in [0.1, 0.15) is 0 Å². The quantitative estimate of drug-likeness (QED) is 0.853. The van der Waals surface area contributed by atoms with Gasteiger partial charge in [0.15, 0.2) is 0 Å². The minimum Gasteiger partial charge on any atom is -0.313 e. The van der Waals surface area contributed by atoms with Gasteiger partial charge < -0.3 is 5.32 Å². The molecule has 2 aromatic carbocycles. The highest BCUT2D eigenvalue weighted by Gasteiger charge is 2.12. The first-order valence-corrected chi connectivity index (χ1v) is 7.04. The van der Waals surface area contributed by atoms with E-state index in [-0.39, 0.29) is 6.04 Å². The van der Waals surface area contributed by atoms with Crippen LogP contribution in [0.25, 0.3) is 0 Å². The van der Waals surface area contributed by atoms with Crippen molar-refractivity contribution in [2.75, 3.05) is 7.05 Å². The molecule has 19 heavy (non-hydrogen) atoms. The van der Waals surface area contributed by atoms with Crippen LogP contribution in [0.2, 0.25) is 10.0 Å². The van der Waals surface area contributed by atoms with E-state index in [9.17, 15) is 0 Å². The molecule has 0 fully saturated rings. The third kappa shape index (κ3) is 3.50. The molecule has 0 amide bonds. The normalized spacial score (nSPS) is 12.4. The highest BCUT2D eigenvalue weighted by atomic mass is 35.5. The summed E-state index contributed by atoms with van der Waals surface area (Å²) in [5.74, 6) is 0. The number of hydrogen-bond acceptors (Lipinski definition) is 1. The maximum Gasteiger partial charge on any atom is 0.0595 e. The van der Waals surface area contributed by atoms with Gasteiger partial charge in [-0.1, -0.05) is 53.5 Å². The summed E-state index contributed by atoms with van der Waals surface area (Å²) in [6.07, 6.45) is 0.932. The Hall–Kier alpha value is -1.02. The lowest BCUT2D eigenvalue weighted by atomic mass is 9.96. The van der Waals surface area contributed by atoms with E-state index in [0.29, 0.717) is 10.0 Å². The first-order valence-electron chi connectivity index (χ1n) is 6.28. The van der Waals surface area contributed by atoms with E-state index in [1.54, 1.807) is 0 Å². The lowest BCUT2D eigenvalue weighted by molar-refractivity contribution is 0.590. The van der Waals surface area contributed by atoms with Crippen molar-refractivity contribution in [1.29, 1.82) is 0 Å². The lowest BCUT2D eigenvalue weighted by Crippen LogP contribution is -2.19. The summed E-state index contributed by atoms with van der Waals surface area (Å²) in [5.41, 5.74) is 3.80. The number of halogens is 2. The third-order valence-electron chi connectivity index (χ3n) is 3.38. The Labute approximate surface area is 124 Å². The summed E-state index contributed by atoms with van der Waals surface area (Å²) >= 11 is 12.1. The molecule has 0 bridgehead atoms. The Balaban J connectivity index is 2.25. The molecule has 0 saturated carbocycles. The van der Waals surface area contributed by atoms with Crippen molar-refractivity contribution in [2.24, 2.45) is 0 Å². The first-order chi connectivity index (χ1) is 9.11. The molecule has 0 spiro atoms. The minimum atomic E-state index is 0.232. The van der Waals surface area contributed by atoms with Crippen molar-refractivity contribution in [3.05, 3.63) is 69.2 Å². The highest BCUT2D eigenvalue weighted by Crippen LogP contribution is 2.27. The zero-order chi connectivity index (χ0) is 13.8. The van der Waals surface area contributed by atoms with Gasteiger partial charge in [0.05, 0.1) is 10.0 Å². The van der Waals surface area contributed by atoms with Gasteiger partial charge in [0, 0.05) is 6.04 Å². The molecule has 1 atom stereocenters. The Morgan fingerprint density at radius 3 is 2.42 bits per heavy atom. The van der Waals surface area contributed by atoms with E-state index in [1.807, 2.05) is 25.2 Å². The monoisotopic (exact) mass is 293 g/mol. The SMILES string of the molecule is CNC(Cc1ccccc1C)c1ccc(Cl)c(Cl)c1. The van der Waals surface area contributed by atoms with Crippen molar-refractivity contribution in [3.8, 4) is 0 Å². The van der Waals surface area contributed by atoms with Crippen LogP contribution in [0.1, 0.15) is 22.7 Å². The van der Waals surface area contributed by atoms with Crippen LogP contribution in [-0.2, 0) is 6.42 Å². The molecule has 0 heterocycles. The van der Waals surface area contributed by atoms with Gasteiger partial charge in [-0.05, 0) is 49.2 Å². The molecule has 0 aliphatic heterocycles. The number of hydrogen-bond donors (Lipinski definition) is 1. The van der Waals surface area contributed by atoms with Crippen LogP contribution in [-0.4, -0.2) is 7.05 Å². The molecule has 1 N–H and O–H groups in total. The van der Waals surface area contributed by atoms with Gasteiger partial charge in [-0.3, -0.25) is 0 Å². The molecule has 2 aromatic rings. The Morgan fingerprint density at radius 2 is 1.79 bits per heavy atom. The molecule has 3 heteroatoms. The van der Waals surface area contributed by atoms with Gasteiger partial charge in [0.25, 0.3) is 0 Å². The predicted molar refractivity (Wildman–Crippen MR) is 83.1 cm³/mol. The lowest BCUT2D eigenvalue weighted by Gasteiger charge is -2.18. The van der Waals surface area contributed by atoms with Gasteiger partial charge >= 0.3 is 0 Å². The van der Waals surface area contributed by atoms with Gasteiger partial charge in [-0.2, -0.15) is 0 Å². The maximum atomic E-state index is 6.09. The van der Waals surface area contributed by atoms with Crippen molar-refractivity contribution >= 4 is 23.2 Å². The zero-order valence-corrected chi connectivity index (χ0v) is 12.6. The summed E-state index contributed by atoms with van der Waals surface area (Å²) < 4.78 is 0. The van der Waals surface area contributed by atoms with Gasteiger partial charge in [-0.25, -0.2) is 0 Å². The number of nitrogens with one attached hydrogen (secondary N) is 1. The maximum absolute atomic E-state index is 6.09. The topological polar surface area (TPSA) is 12.0 Å². The molecule has 2 rings (SSSR count). The van der Waals surface area contributed by atoms with E-state index >= 15 is 0 Å². The zero-order valence-electron chi connectivity index (χ0n) is 11.1. The van der Waals surface area contributed by atoms with Crippen LogP contribution < -0.4 is 5.32 Å². The molecule has 100 valence electrons. The third-order valence-corrected chi connectivity index (χ3v) is 4.12. The van der Waals surface area contributed by atoms with Crippen LogP contribution in [0.15, 0.2) is 42.5 Å². The second kappa shape index (κ2) is 6.42. The Kier molecular flexibility index (Phi) is 4.87. The molecule has 0 radical (unpaired) electrons. The largest absolute Gasteiger partial charge is 0.313 e. The summed E-state index contributed by atoms with van der Waals surface area (Å²) in [6, 6.07) is 14.5. The molecular formula is C16H17Cl2N. The second-order valence-electron chi connectivity index (χ2n) is 4.65. The average molecular weight is 294 g/mol. The van der Waals surface area contributed by atoms with E-state index < -0.39 is 0 Å². The predicted octanol–water partition coefficient (Wildman–Crippen LogP) is 4.81. The summed E-state index contributed by atoms with van der Waals surface area (Å²) in [5, 5.41) is 4.53. The molecular weight excluding hydrogens is 277 g/mol. The van der Waals surface area contributed by atoms with E-state index in [2.05, 4.69) is 36.5 Å². The summed E-state index contributed by atoms with van der Waals surface area (Å²) in [6.45, 7) is 2.14. The fourth-order valence-corrected chi connectivity index (χ4v) is 2.48. The van der Waals surface area contributed by atoms with Crippen LogP contribution in [0.3, 0.4) is 0 Å². The number of rotatable bonds is 4. The van der Waals surface area contributed by atoms with Crippen LogP contribution in [0.4, 0.5) is 0 Å². The molecule has 0 saturated heterocycles. The molecule has 0 aliphatic carbocycles. The fourth-order valence-electron chi connectivity index (χ4n) is 2.17. The average Bonchev–Trinajstić information content (AvgIpc) is 2.41. The standard InChI is InChI=1S/C16H17Cl2N/c1-11-5-3-4-6-12(11)10-16(19-2)13-7-8-14(17)15(18)9-13/h3-9,16,19H,10H2,1-2H3. The molecule has 1 unspecified atom stereocenters. The van der Waals surface area contributed by atoms with Crippen molar-refractivity contribution in [3.63, 3.8) is 0 Å². The van der Waals surface area contributed by atoms with Crippen LogP contribution in [0.5, 0.6) is 0 Å². The molecule has 1 nitrogen and oxygen atoms in total. The minimum absolute atomic E-state index is 0.232. The second-order valence-corrected chi connectivity index (χ2v) is 5.46. The fraction of sp³-hybridized carbons (Fsp3) is 0.250. The number of aryl methyl sites for hydroxylation is 1. The van der Waals surface area contributed by atoms with Crippen LogP contribution in [0, 0.1) is 6.92 Å². The smallest absolute Gasteiger partial charge is 0.0595 e. The summed E-state index contributed by atoms with van der Waals surface area (Å²) in [4.78, 5) is 0. The van der Waals surface area contributed by atoms with Crippen molar-refractivity contribution in [2.45, 2.75) is 19.4 Å². The Morgan fingerprint density at radius 1 is 1.05 bits per heavy atom. The van der Waals surface area contributed by atoms with Gasteiger partial charge in [-0.15, -0.1) is 0 Å². The molecule has 0 aromatic heterocycles. The van der Waals surface area contributed by atoms with Gasteiger partial charge in [0.2, 0.25) is 0 Å². The van der Waals surface area contributed by atoms with Crippen LogP contribution >= 0.6 is 23.2 Å². The van der Waals surface area contributed by atoms with E-state index in [4.69, 9.17) is 23.2 Å². The van der Waals surface area contributed by atoms with E-state index in [1.165, 1.54) is 11.1 Å². The highest BCUT2D eigenvalue weighted by molar-refractivity contribution is 6.42. The van der Waals surface area contributed by atoms with Crippen molar-refractivity contribution in [1.82, 2.24) is 5.32 Å². The van der Waals surface area contributed by atoms with E-state index in [0.717, 1.165) is 12.0 Å². The summed E-state index contributed by atoms with van der Waals surface area (Å²) in [7, 11) is 1.96.